The van der Waals surface area contributed by atoms with Gasteiger partial charge in [-0.3, -0.25) is 0 Å². The van der Waals surface area contributed by atoms with Crippen LogP contribution in [0, 0.1) is 0 Å². The SMILES string of the molecule is COc1cc(-c2nc(-c3ccccc3)c(-c3ccc(Cl)cc3)[nH]2)ccc1OCc1ccccc1. The van der Waals surface area contributed by atoms with Gasteiger partial charge in [-0.15, -0.1) is 0 Å². The number of ether oxygens (including phenoxy) is 2. The number of methoxy groups -OCH3 is 1. The molecule has 0 bridgehead atoms. The van der Waals surface area contributed by atoms with Gasteiger partial charge < -0.3 is 14.5 Å². The summed E-state index contributed by atoms with van der Waals surface area (Å²) >= 11 is 6.12. The van der Waals surface area contributed by atoms with Crippen LogP contribution in [0.5, 0.6) is 11.5 Å². The van der Waals surface area contributed by atoms with E-state index in [0.29, 0.717) is 23.1 Å². The molecule has 168 valence electrons. The summed E-state index contributed by atoms with van der Waals surface area (Å²) in [5, 5.41) is 0.695. The van der Waals surface area contributed by atoms with Crippen molar-refractivity contribution in [1.29, 1.82) is 0 Å². The van der Waals surface area contributed by atoms with Gasteiger partial charge in [0.1, 0.15) is 12.4 Å². The topological polar surface area (TPSA) is 47.1 Å². The van der Waals surface area contributed by atoms with Gasteiger partial charge in [0.05, 0.1) is 18.5 Å². The first-order chi connectivity index (χ1) is 16.7. The second-order valence-corrected chi connectivity index (χ2v) is 8.26. The minimum absolute atomic E-state index is 0.468. The average Bonchev–Trinajstić information content (AvgIpc) is 3.34. The molecule has 1 N–H and O–H groups in total. The zero-order chi connectivity index (χ0) is 23.3. The summed E-state index contributed by atoms with van der Waals surface area (Å²) in [5.41, 5.74) is 5.85. The highest BCUT2D eigenvalue weighted by Crippen LogP contribution is 2.36. The smallest absolute Gasteiger partial charge is 0.161 e. The minimum Gasteiger partial charge on any atom is -0.493 e. The van der Waals surface area contributed by atoms with Crippen molar-refractivity contribution in [2.24, 2.45) is 0 Å². The number of benzene rings is 4. The predicted octanol–water partition coefficient (Wildman–Crippen LogP) is 7.65. The Kier molecular flexibility index (Phi) is 6.32. The van der Waals surface area contributed by atoms with Crippen LogP contribution in [0.4, 0.5) is 0 Å². The summed E-state index contributed by atoms with van der Waals surface area (Å²) in [6, 6.07) is 33.8. The van der Waals surface area contributed by atoms with Crippen LogP contribution in [0.3, 0.4) is 0 Å². The Hall–Kier alpha value is -4.02. The Morgan fingerprint density at radius 2 is 1.41 bits per heavy atom. The fourth-order valence-electron chi connectivity index (χ4n) is 3.81. The number of H-pyrrole nitrogens is 1. The van der Waals surface area contributed by atoms with Crippen LogP contribution in [-0.4, -0.2) is 17.1 Å². The van der Waals surface area contributed by atoms with Gasteiger partial charge in [0.15, 0.2) is 11.5 Å². The minimum atomic E-state index is 0.468. The molecule has 0 aliphatic rings. The van der Waals surface area contributed by atoms with Gasteiger partial charge in [0.25, 0.3) is 0 Å². The van der Waals surface area contributed by atoms with Gasteiger partial charge in [-0.1, -0.05) is 84.4 Å². The fraction of sp³-hybridized carbons (Fsp3) is 0.0690. The highest BCUT2D eigenvalue weighted by Gasteiger charge is 2.17. The van der Waals surface area contributed by atoms with Crippen LogP contribution in [0.25, 0.3) is 33.9 Å². The number of imidazole rings is 1. The zero-order valence-electron chi connectivity index (χ0n) is 18.7. The fourth-order valence-corrected chi connectivity index (χ4v) is 3.94. The average molecular weight is 467 g/mol. The Morgan fingerprint density at radius 1 is 0.735 bits per heavy atom. The summed E-state index contributed by atoms with van der Waals surface area (Å²) in [6.07, 6.45) is 0. The summed E-state index contributed by atoms with van der Waals surface area (Å²) in [4.78, 5) is 8.47. The molecule has 0 aliphatic heterocycles. The molecule has 0 aliphatic carbocycles. The van der Waals surface area contributed by atoms with E-state index in [4.69, 9.17) is 26.1 Å². The van der Waals surface area contributed by atoms with Crippen molar-refractivity contribution in [3.05, 3.63) is 114 Å². The molecule has 4 aromatic carbocycles. The van der Waals surface area contributed by atoms with Crippen LogP contribution in [0.1, 0.15) is 5.56 Å². The van der Waals surface area contributed by atoms with E-state index in [1.165, 1.54) is 0 Å². The van der Waals surface area contributed by atoms with Crippen molar-refractivity contribution in [3.63, 3.8) is 0 Å². The molecule has 5 heteroatoms. The van der Waals surface area contributed by atoms with Crippen molar-refractivity contribution >= 4 is 11.6 Å². The molecule has 0 saturated carbocycles. The van der Waals surface area contributed by atoms with E-state index in [2.05, 4.69) is 17.1 Å². The molecule has 1 aromatic heterocycles. The lowest BCUT2D eigenvalue weighted by atomic mass is 10.1. The summed E-state index contributed by atoms with van der Waals surface area (Å²) < 4.78 is 11.6. The van der Waals surface area contributed by atoms with Gasteiger partial charge in [-0.25, -0.2) is 4.98 Å². The van der Waals surface area contributed by atoms with Gasteiger partial charge in [-0.2, -0.15) is 0 Å². The van der Waals surface area contributed by atoms with Gasteiger partial charge >= 0.3 is 0 Å². The molecule has 5 aromatic rings. The Labute approximate surface area is 203 Å². The number of hydrogen-bond donors (Lipinski definition) is 1. The van der Waals surface area contributed by atoms with E-state index >= 15 is 0 Å². The maximum absolute atomic E-state index is 6.12. The molecule has 1 heterocycles. The number of hydrogen-bond acceptors (Lipinski definition) is 3. The number of rotatable bonds is 7. The molecule has 4 nitrogen and oxygen atoms in total. The Bertz CT molecular complexity index is 1380. The monoisotopic (exact) mass is 466 g/mol. The van der Waals surface area contributed by atoms with E-state index in [0.717, 1.165) is 39.5 Å². The normalized spacial score (nSPS) is 10.8. The van der Waals surface area contributed by atoms with Crippen molar-refractivity contribution < 1.29 is 9.47 Å². The molecule has 0 unspecified atom stereocenters. The van der Waals surface area contributed by atoms with Crippen LogP contribution < -0.4 is 9.47 Å². The third kappa shape index (κ3) is 4.68. The molecule has 5 rings (SSSR count). The molecule has 0 radical (unpaired) electrons. The van der Waals surface area contributed by atoms with Crippen molar-refractivity contribution in [2.75, 3.05) is 7.11 Å². The quantitative estimate of drug-likeness (QED) is 0.268. The summed E-state index contributed by atoms with van der Waals surface area (Å²) in [5.74, 6) is 2.08. The van der Waals surface area contributed by atoms with Gasteiger partial charge in [-0.05, 0) is 35.9 Å². The summed E-state index contributed by atoms with van der Waals surface area (Å²) in [7, 11) is 1.64. The van der Waals surface area contributed by atoms with E-state index in [1.54, 1.807) is 7.11 Å². The second-order valence-electron chi connectivity index (χ2n) is 7.82. The number of nitrogens with one attached hydrogen (secondary N) is 1. The first-order valence-electron chi connectivity index (χ1n) is 11.0. The van der Waals surface area contributed by atoms with Crippen LogP contribution in [0.15, 0.2) is 103 Å². The third-order valence-corrected chi connectivity index (χ3v) is 5.81. The molecule has 0 fully saturated rings. The molecular formula is C29H23ClN2O2. The van der Waals surface area contributed by atoms with Gasteiger partial charge in [0, 0.05) is 21.7 Å². The number of aromatic amines is 1. The van der Waals surface area contributed by atoms with E-state index < -0.39 is 0 Å². The van der Waals surface area contributed by atoms with Crippen molar-refractivity contribution in [3.8, 4) is 45.4 Å². The first-order valence-corrected chi connectivity index (χ1v) is 11.4. The lowest BCUT2D eigenvalue weighted by Gasteiger charge is -2.12. The third-order valence-electron chi connectivity index (χ3n) is 5.56. The highest BCUT2D eigenvalue weighted by molar-refractivity contribution is 6.30. The molecule has 0 atom stereocenters. The summed E-state index contributed by atoms with van der Waals surface area (Å²) in [6.45, 7) is 0.468. The standard InChI is InChI=1S/C29H23ClN2O2/c1-33-26-18-23(14-17-25(26)34-19-20-8-4-2-5-9-20)29-31-27(21-10-6-3-7-11-21)28(32-29)22-12-15-24(30)16-13-22/h2-18H,19H2,1H3,(H,31,32). The highest BCUT2D eigenvalue weighted by atomic mass is 35.5. The number of aromatic nitrogens is 2. The lowest BCUT2D eigenvalue weighted by molar-refractivity contribution is 0.284. The first kappa shape index (κ1) is 21.8. The maximum Gasteiger partial charge on any atom is 0.161 e. The molecule has 0 saturated heterocycles. The van der Waals surface area contributed by atoms with Crippen LogP contribution in [-0.2, 0) is 6.61 Å². The predicted molar refractivity (Wildman–Crippen MR) is 137 cm³/mol. The van der Waals surface area contributed by atoms with Gasteiger partial charge in [0.2, 0.25) is 0 Å². The lowest BCUT2D eigenvalue weighted by Crippen LogP contribution is -1.98. The maximum atomic E-state index is 6.12. The molecule has 0 amide bonds. The zero-order valence-corrected chi connectivity index (χ0v) is 19.4. The Balaban J connectivity index is 1.51. The second kappa shape index (κ2) is 9.86. The van der Waals surface area contributed by atoms with E-state index in [9.17, 15) is 0 Å². The van der Waals surface area contributed by atoms with Crippen LogP contribution >= 0.6 is 11.6 Å². The van der Waals surface area contributed by atoms with Crippen molar-refractivity contribution in [1.82, 2.24) is 9.97 Å². The largest absolute Gasteiger partial charge is 0.493 e. The molecule has 0 spiro atoms. The van der Waals surface area contributed by atoms with Crippen molar-refractivity contribution in [2.45, 2.75) is 6.61 Å². The molecule has 34 heavy (non-hydrogen) atoms. The number of halogens is 1. The Morgan fingerprint density at radius 3 is 2.12 bits per heavy atom. The number of nitrogens with zero attached hydrogens (tertiary/aromatic N) is 1. The van der Waals surface area contributed by atoms with E-state index in [1.807, 2.05) is 91.0 Å². The molecular weight excluding hydrogens is 444 g/mol. The van der Waals surface area contributed by atoms with Crippen LogP contribution in [0.2, 0.25) is 5.02 Å². The van der Waals surface area contributed by atoms with E-state index in [-0.39, 0.29) is 0 Å².